The fourth-order valence-corrected chi connectivity index (χ4v) is 3.67. The van der Waals surface area contributed by atoms with Crippen LogP contribution in [-0.4, -0.2) is 31.2 Å². The molecule has 1 aliphatic rings. The predicted molar refractivity (Wildman–Crippen MR) is 110 cm³/mol. The standard InChI is InChI=1S/C21H24N2O3S/c1-5-23-16-11-10-14(12-17(16)26-13-21(2,3)20(23)25)22-19(24)15-8-6-7-9-18(15)27-4/h6-12H,5,13H2,1-4H3,(H,22,24). The summed E-state index contributed by atoms with van der Waals surface area (Å²) in [5.74, 6) is 0.471. The van der Waals surface area contributed by atoms with Gasteiger partial charge in [0.1, 0.15) is 12.4 Å². The maximum absolute atomic E-state index is 12.8. The van der Waals surface area contributed by atoms with E-state index >= 15 is 0 Å². The van der Waals surface area contributed by atoms with Crippen LogP contribution < -0.4 is 15.0 Å². The minimum atomic E-state index is -0.601. The summed E-state index contributed by atoms with van der Waals surface area (Å²) in [4.78, 5) is 28.1. The highest BCUT2D eigenvalue weighted by Crippen LogP contribution is 2.38. The highest BCUT2D eigenvalue weighted by molar-refractivity contribution is 7.98. The summed E-state index contributed by atoms with van der Waals surface area (Å²) in [7, 11) is 0. The number of amides is 2. The summed E-state index contributed by atoms with van der Waals surface area (Å²) >= 11 is 1.53. The van der Waals surface area contributed by atoms with Crippen LogP contribution in [0.3, 0.4) is 0 Å². The fourth-order valence-electron chi connectivity index (χ4n) is 3.07. The van der Waals surface area contributed by atoms with Gasteiger partial charge in [0, 0.05) is 23.2 Å². The molecule has 27 heavy (non-hydrogen) atoms. The number of anilines is 2. The zero-order valence-corrected chi connectivity index (χ0v) is 16.9. The molecule has 0 aromatic heterocycles. The van der Waals surface area contributed by atoms with Gasteiger partial charge in [-0.15, -0.1) is 11.8 Å². The van der Waals surface area contributed by atoms with Gasteiger partial charge in [-0.2, -0.15) is 0 Å². The zero-order chi connectivity index (χ0) is 19.6. The molecule has 0 unspecified atom stereocenters. The minimum absolute atomic E-state index is 0.0365. The molecule has 0 fully saturated rings. The van der Waals surface area contributed by atoms with Crippen molar-refractivity contribution >= 4 is 35.0 Å². The average molecular weight is 385 g/mol. The maximum atomic E-state index is 12.8. The molecule has 2 aromatic carbocycles. The molecule has 5 nitrogen and oxygen atoms in total. The van der Waals surface area contributed by atoms with Crippen molar-refractivity contribution < 1.29 is 14.3 Å². The minimum Gasteiger partial charge on any atom is -0.490 e. The summed E-state index contributed by atoms with van der Waals surface area (Å²) in [6.45, 7) is 6.56. The van der Waals surface area contributed by atoms with Gasteiger partial charge in [-0.1, -0.05) is 12.1 Å². The SMILES string of the molecule is CCN1C(=O)C(C)(C)COc2cc(NC(=O)c3ccccc3SC)ccc21. The van der Waals surface area contributed by atoms with Crippen molar-refractivity contribution in [3.05, 3.63) is 48.0 Å². The van der Waals surface area contributed by atoms with Gasteiger partial charge in [0.2, 0.25) is 5.91 Å². The summed E-state index contributed by atoms with van der Waals surface area (Å²) in [6.07, 6.45) is 1.94. The quantitative estimate of drug-likeness (QED) is 0.792. The number of hydrogen-bond donors (Lipinski definition) is 1. The van der Waals surface area contributed by atoms with E-state index in [-0.39, 0.29) is 11.8 Å². The molecule has 2 amide bonds. The Kier molecular flexibility index (Phi) is 5.46. The van der Waals surface area contributed by atoms with Gasteiger partial charge in [0.25, 0.3) is 5.91 Å². The summed E-state index contributed by atoms with van der Waals surface area (Å²) in [6, 6.07) is 12.9. The topological polar surface area (TPSA) is 58.6 Å². The summed E-state index contributed by atoms with van der Waals surface area (Å²) in [5.41, 5.74) is 1.40. The van der Waals surface area contributed by atoms with Crippen molar-refractivity contribution in [1.82, 2.24) is 0 Å². The monoisotopic (exact) mass is 384 g/mol. The van der Waals surface area contributed by atoms with Crippen LogP contribution in [0, 0.1) is 5.41 Å². The molecule has 0 atom stereocenters. The molecule has 0 saturated heterocycles. The van der Waals surface area contributed by atoms with Crippen molar-refractivity contribution in [1.29, 1.82) is 0 Å². The molecule has 3 rings (SSSR count). The predicted octanol–water partition coefficient (Wildman–Crippen LogP) is 4.43. The number of benzene rings is 2. The molecule has 0 saturated carbocycles. The second-order valence-corrected chi connectivity index (χ2v) is 7.91. The van der Waals surface area contributed by atoms with Crippen LogP contribution in [0.5, 0.6) is 5.75 Å². The Labute approximate surface area is 164 Å². The summed E-state index contributed by atoms with van der Waals surface area (Å²) < 4.78 is 5.92. The lowest BCUT2D eigenvalue weighted by Crippen LogP contribution is -2.42. The normalized spacial score (nSPS) is 15.6. The highest BCUT2D eigenvalue weighted by atomic mass is 32.2. The van der Waals surface area contributed by atoms with E-state index in [1.165, 1.54) is 11.8 Å². The molecule has 1 aliphatic heterocycles. The molecule has 1 heterocycles. The zero-order valence-electron chi connectivity index (χ0n) is 16.0. The van der Waals surface area contributed by atoms with Gasteiger partial charge < -0.3 is 15.0 Å². The Morgan fingerprint density at radius 2 is 2.00 bits per heavy atom. The van der Waals surface area contributed by atoms with E-state index in [1.54, 1.807) is 23.1 Å². The number of fused-ring (bicyclic) bond motifs is 1. The van der Waals surface area contributed by atoms with E-state index in [1.807, 2.05) is 51.3 Å². The Balaban J connectivity index is 1.89. The number of carbonyl (C=O) groups is 2. The number of ether oxygens (including phenoxy) is 1. The maximum Gasteiger partial charge on any atom is 0.256 e. The van der Waals surface area contributed by atoms with E-state index in [4.69, 9.17) is 4.74 Å². The van der Waals surface area contributed by atoms with Crippen molar-refractivity contribution in [2.45, 2.75) is 25.7 Å². The smallest absolute Gasteiger partial charge is 0.256 e. The Hall–Kier alpha value is -2.47. The number of hydrogen-bond acceptors (Lipinski definition) is 4. The Bertz CT molecular complexity index is 879. The first kappa shape index (κ1) is 19.3. The third-order valence-corrected chi connectivity index (χ3v) is 5.38. The lowest BCUT2D eigenvalue weighted by molar-refractivity contribution is -0.127. The summed E-state index contributed by atoms with van der Waals surface area (Å²) in [5, 5.41) is 2.93. The van der Waals surface area contributed by atoms with Gasteiger partial charge in [0.15, 0.2) is 0 Å². The van der Waals surface area contributed by atoms with E-state index in [0.717, 1.165) is 10.6 Å². The molecule has 142 valence electrons. The van der Waals surface area contributed by atoms with Crippen LogP contribution in [0.15, 0.2) is 47.4 Å². The largest absolute Gasteiger partial charge is 0.490 e. The molecule has 0 spiro atoms. The molecular formula is C21H24N2O3S. The molecule has 6 heteroatoms. The van der Waals surface area contributed by atoms with Crippen LogP contribution in [0.2, 0.25) is 0 Å². The third kappa shape index (κ3) is 3.81. The van der Waals surface area contributed by atoms with Crippen LogP contribution in [0.25, 0.3) is 0 Å². The first-order valence-electron chi connectivity index (χ1n) is 8.90. The van der Waals surface area contributed by atoms with Crippen LogP contribution in [0.1, 0.15) is 31.1 Å². The molecule has 0 radical (unpaired) electrons. The highest BCUT2D eigenvalue weighted by Gasteiger charge is 2.37. The van der Waals surface area contributed by atoms with E-state index in [9.17, 15) is 9.59 Å². The second-order valence-electron chi connectivity index (χ2n) is 7.06. The number of rotatable bonds is 4. The number of carbonyl (C=O) groups excluding carboxylic acids is 2. The lowest BCUT2D eigenvalue weighted by atomic mass is 9.93. The van der Waals surface area contributed by atoms with Crippen molar-refractivity contribution in [3.8, 4) is 5.75 Å². The van der Waals surface area contributed by atoms with E-state index in [0.29, 0.717) is 30.2 Å². The molecule has 2 aromatic rings. The molecule has 0 bridgehead atoms. The van der Waals surface area contributed by atoms with Gasteiger partial charge in [-0.05, 0) is 51.3 Å². The van der Waals surface area contributed by atoms with Gasteiger partial charge in [-0.25, -0.2) is 0 Å². The van der Waals surface area contributed by atoms with Crippen LogP contribution in [0.4, 0.5) is 11.4 Å². The number of thioether (sulfide) groups is 1. The van der Waals surface area contributed by atoms with Crippen LogP contribution in [-0.2, 0) is 4.79 Å². The van der Waals surface area contributed by atoms with Crippen molar-refractivity contribution in [2.75, 3.05) is 29.6 Å². The van der Waals surface area contributed by atoms with Crippen LogP contribution >= 0.6 is 11.8 Å². The van der Waals surface area contributed by atoms with E-state index in [2.05, 4.69) is 5.32 Å². The third-order valence-electron chi connectivity index (χ3n) is 4.59. The van der Waals surface area contributed by atoms with E-state index < -0.39 is 5.41 Å². The molecule has 1 N–H and O–H groups in total. The van der Waals surface area contributed by atoms with Crippen molar-refractivity contribution in [3.63, 3.8) is 0 Å². The Morgan fingerprint density at radius 1 is 1.26 bits per heavy atom. The van der Waals surface area contributed by atoms with Gasteiger partial charge in [0.05, 0.1) is 16.7 Å². The Morgan fingerprint density at radius 3 is 2.70 bits per heavy atom. The van der Waals surface area contributed by atoms with Gasteiger partial charge in [-0.3, -0.25) is 9.59 Å². The van der Waals surface area contributed by atoms with Crippen molar-refractivity contribution in [2.24, 2.45) is 5.41 Å². The first-order chi connectivity index (χ1) is 12.9. The lowest BCUT2D eigenvalue weighted by Gasteiger charge is -2.26. The fraction of sp³-hybridized carbons (Fsp3) is 0.333. The number of nitrogens with zero attached hydrogens (tertiary/aromatic N) is 1. The average Bonchev–Trinajstić information content (AvgIpc) is 2.76. The second kappa shape index (κ2) is 7.64. The first-order valence-corrected chi connectivity index (χ1v) is 10.1. The van der Waals surface area contributed by atoms with Gasteiger partial charge >= 0.3 is 0 Å². The molecule has 0 aliphatic carbocycles. The number of nitrogens with one attached hydrogen (secondary N) is 1. The molecular weight excluding hydrogens is 360 g/mol.